The number of rotatable bonds is 5. The van der Waals surface area contributed by atoms with E-state index in [1.54, 1.807) is 4.90 Å². The molecule has 3 amide bonds. The number of amides is 3. The number of benzene rings is 2. The molecule has 7 heteroatoms. The molecule has 0 unspecified atom stereocenters. The molecule has 1 aliphatic heterocycles. The monoisotopic (exact) mass is 472 g/mol. The van der Waals surface area contributed by atoms with Crippen molar-refractivity contribution >= 4 is 34.3 Å². The lowest BCUT2D eigenvalue weighted by Gasteiger charge is -2.47. The number of anilines is 1. The molecule has 5 rings (SSSR count). The van der Waals surface area contributed by atoms with Crippen molar-refractivity contribution in [2.24, 2.45) is 0 Å². The summed E-state index contributed by atoms with van der Waals surface area (Å²) in [6.07, 6.45) is 4.15. The second-order valence-electron chi connectivity index (χ2n) is 10.00. The van der Waals surface area contributed by atoms with Crippen molar-refractivity contribution in [2.75, 3.05) is 5.32 Å². The Hall–Kier alpha value is -3.61. The molecule has 0 spiro atoms. The molecule has 1 saturated carbocycles. The van der Waals surface area contributed by atoms with E-state index in [1.807, 2.05) is 73.0 Å². The zero-order valence-electron chi connectivity index (χ0n) is 20.5. The normalized spacial score (nSPS) is 21.1. The van der Waals surface area contributed by atoms with Gasteiger partial charge in [-0.05, 0) is 38.3 Å². The van der Waals surface area contributed by atoms with Crippen molar-refractivity contribution in [1.29, 1.82) is 0 Å². The summed E-state index contributed by atoms with van der Waals surface area (Å²) in [4.78, 5) is 42.1. The molecule has 7 nitrogen and oxygen atoms in total. The predicted molar refractivity (Wildman–Crippen MR) is 136 cm³/mol. The van der Waals surface area contributed by atoms with Crippen LogP contribution in [0.2, 0.25) is 0 Å². The topological polar surface area (TPSA) is 83.4 Å². The fraction of sp³-hybridized carbons (Fsp3) is 0.393. The number of carbonyl (C=O) groups is 3. The molecule has 1 fully saturated rings. The third-order valence-corrected chi connectivity index (χ3v) is 7.54. The smallest absolute Gasteiger partial charge is 0.274 e. The minimum Gasteiger partial charge on any atom is -0.351 e. The molecule has 2 aromatic carbocycles. The Morgan fingerprint density at radius 2 is 1.69 bits per heavy atom. The number of carbonyl (C=O) groups excluding carboxylic acids is 3. The Kier molecular flexibility index (Phi) is 5.87. The van der Waals surface area contributed by atoms with Gasteiger partial charge in [0.05, 0.1) is 23.8 Å². The van der Waals surface area contributed by atoms with Crippen molar-refractivity contribution < 1.29 is 14.4 Å². The van der Waals surface area contributed by atoms with Crippen LogP contribution in [0, 0.1) is 0 Å². The van der Waals surface area contributed by atoms with E-state index in [0.717, 1.165) is 42.1 Å². The van der Waals surface area contributed by atoms with Crippen molar-refractivity contribution in [3.05, 3.63) is 65.9 Å². The van der Waals surface area contributed by atoms with E-state index >= 15 is 0 Å². The molecular weight excluding hydrogens is 440 g/mol. The lowest BCUT2D eigenvalue weighted by atomic mass is 9.90. The lowest BCUT2D eigenvalue weighted by Crippen LogP contribution is -2.65. The van der Waals surface area contributed by atoms with Gasteiger partial charge in [-0.2, -0.15) is 0 Å². The molecule has 0 bridgehead atoms. The van der Waals surface area contributed by atoms with Crippen LogP contribution in [0.3, 0.4) is 0 Å². The molecule has 3 aromatic rings. The van der Waals surface area contributed by atoms with Crippen LogP contribution in [0.25, 0.3) is 10.9 Å². The number of nitrogens with zero attached hydrogens (tertiary/aromatic N) is 2. The van der Waals surface area contributed by atoms with Crippen LogP contribution in [0.4, 0.5) is 5.69 Å². The van der Waals surface area contributed by atoms with Crippen LogP contribution < -0.4 is 10.6 Å². The molecule has 2 aliphatic rings. The number of hydrogen-bond acceptors (Lipinski definition) is 3. The maximum Gasteiger partial charge on any atom is 0.274 e. The highest BCUT2D eigenvalue weighted by Gasteiger charge is 2.51. The summed E-state index contributed by atoms with van der Waals surface area (Å²) >= 11 is 0. The zero-order valence-corrected chi connectivity index (χ0v) is 20.5. The van der Waals surface area contributed by atoms with E-state index in [0.29, 0.717) is 17.9 Å². The molecule has 2 N–H and O–H groups in total. The minimum atomic E-state index is -1.11. The standard InChI is InChI=1S/C28H32N4O3/c1-18(20-11-5-4-6-12-20)32-26(34)25-24(29-19(2)33)22-15-9-10-16-23(22)31(25)17-28(32,3)27(35)30-21-13-7-8-14-21/h4-6,9-12,15-16,18,21H,7-8,13-14,17H2,1-3H3,(H,29,33)(H,30,35)/t18-,28+/m1/s1. The Morgan fingerprint density at radius 1 is 1.03 bits per heavy atom. The zero-order chi connectivity index (χ0) is 24.7. The van der Waals surface area contributed by atoms with Gasteiger partial charge in [-0.1, -0.05) is 61.4 Å². The molecular formula is C28H32N4O3. The van der Waals surface area contributed by atoms with Gasteiger partial charge in [0, 0.05) is 18.4 Å². The Morgan fingerprint density at radius 3 is 2.37 bits per heavy atom. The Labute approximate surface area is 205 Å². The second kappa shape index (κ2) is 8.87. The van der Waals surface area contributed by atoms with Crippen LogP contribution in [0.1, 0.15) is 68.5 Å². The minimum absolute atomic E-state index is 0.134. The first-order chi connectivity index (χ1) is 16.8. The van der Waals surface area contributed by atoms with E-state index < -0.39 is 5.54 Å². The summed E-state index contributed by atoms with van der Waals surface area (Å²) in [6, 6.07) is 17.2. The van der Waals surface area contributed by atoms with Gasteiger partial charge in [-0.3, -0.25) is 14.4 Å². The fourth-order valence-corrected chi connectivity index (χ4v) is 5.79. The first kappa shape index (κ1) is 23.1. The molecule has 35 heavy (non-hydrogen) atoms. The average Bonchev–Trinajstić information content (AvgIpc) is 3.46. The van der Waals surface area contributed by atoms with Gasteiger partial charge in [0.25, 0.3) is 5.91 Å². The number of aromatic nitrogens is 1. The summed E-state index contributed by atoms with van der Waals surface area (Å²) in [5.74, 6) is -0.645. The summed E-state index contributed by atoms with van der Waals surface area (Å²) < 4.78 is 1.91. The second-order valence-corrected chi connectivity index (χ2v) is 10.00. The molecule has 1 aliphatic carbocycles. The summed E-state index contributed by atoms with van der Waals surface area (Å²) in [6.45, 7) is 5.56. The predicted octanol–water partition coefficient (Wildman–Crippen LogP) is 4.63. The molecule has 0 radical (unpaired) electrons. The first-order valence-corrected chi connectivity index (χ1v) is 12.4. The van der Waals surface area contributed by atoms with Crippen LogP contribution in [0.15, 0.2) is 54.6 Å². The van der Waals surface area contributed by atoms with Crippen molar-refractivity contribution in [3.8, 4) is 0 Å². The van der Waals surface area contributed by atoms with Gasteiger partial charge < -0.3 is 20.1 Å². The van der Waals surface area contributed by atoms with Crippen LogP contribution >= 0.6 is 0 Å². The maximum atomic E-state index is 14.3. The van der Waals surface area contributed by atoms with Crippen molar-refractivity contribution in [2.45, 2.75) is 70.6 Å². The largest absolute Gasteiger partial charge is 0.351 e. The highest BCUT2D eigenvalue weighted by molar-refractivity contribution is 6.14. The number of hydrogen-bond donors (Lipinski definition) is 2. The molecule has 182 valence electrons. The number of para-hydroxylation sites is 1. The summed E-state index contributed by atoms with van der Waals surface area (Å²) in [7, 11) is 0. The lowest BCUT2D eigenvalue weighted by molar-refractivity contribution is -0.134. The van der Waals surface area contributed by atoms with E-state index in [9.17, 15) is 14.4 Å². The van der Waals surface area contributed by atoms with E-state index in [-0.39, 0.29) is 29.8 Å². The summed E-state index contributed by atoms with van der Waals surface area (Å²) in [5.41, 5.74) is 1.58. The third-order valence-electron chi connectivity index (χ3n) is 7.54. The fourth-order valence-electron chi connectivity index (χ4n) is 5.79. The van der Waals surface area contributed by atoms with Crippen molar-refractivity contribution in [1.82, 2.24) is 14.8 Å². The number of fused-ring (bicyclic) bond motifs is 3. The van der Waals surface area contributed by atoms with Crippen LogP contribution in [-0.4, -0.2) is 38.8 Å². The van der Waals surface area contributed by atoms with Crippen LogP contribution in [0.5, 0.6) is 0 Å². The van der Waals surface area contributed by atoms with Gasteiger partial charge in [0.15, 0.2) is 0 Å². The van der Waals surface area contributed by atoms with Gasteiger partial charge >= 0.3 is 0 Å². The number of nitrogens with one attached hydrogen (secondary N) is 2. The SMILES string of the molecule is CC(=O)Nc1c2n(c3ccccc13)C[C@@](C)(C(=O)NC1CCCC1)N([C@H](C)c1ccccc1)C2=O. The molecule has 1 aromatic heterocycles. The van der Waals surface area contributed by atoms with Crippen molar-refractivity contribution in [3.63, 3.8) is 0 Å². The van der Waals surface area contributed by atoms with E-state index in [4.69, 9.17) is 0 Å². The first-order valence-electron chi connectivity index (χ1n) is 12.4. The molecule has 0 saturated heterocycles. The third kappa shape index (κ3) is 3.89. The van der Waals surface area contributed by atoms with Gasteiger partial charge in [-0.15, -0.1) is 0 Å². The van der Waals surface area contributed by atoms with E-state index in [2.05, 4.69) is 10.6 Å². The van der Waals surface area contributed by atoms with Gasteiger partial charge in [0.2, 0.25) is 11.8 Å². The van der Waals surface area contributed by atoms with Gasteiger partial charge in [0.1, 0.15) is 11.2 Å². The molecule has 2 heterocycles. The maximum absolute atomic E-state index is 14.3. The summed E-state index contributed by atoms with van der Waals surface area (Å²) in [5, 5.41) is 6.93. The highest BCUT2D eigenvalue weighted by Crippen LogP contribution is 2.42. The Balaban J connectivity index is 1.68. The molecule has 2 atom stereocenters. The van der Waals surface area contributed by atoms with Crippen LogP contribution in [-0.2, 0) is 16.1 Å². The van der Waals surface area contributed by atoms with Gasteiger partial charge in [-0.25, -0.2) is 0 Å². The Bertz CT molecular complexity index is 1290. The van der Waals surface area contributed by atoms with E-state index in [1.165, 1.54) is 6.92 Å². The average molecular weight is 473 g/mol. The quantitative estimate of drug-likeness (QED) is 0.568. The highest BCUT2D eigenvalue weighted by atomic mass is 16.2.